The fraction of sp³-hybridized carbons (Fsp3) is 0. The summed E-state index contributed by atoms with van der Waals surface area (Å²) < 4.78 is 15.1. The normalized spacial score (nSPS) is 12.1. The Morgan fingerprint density at radius 1 is 0.477 bits per heavy atom. The van der Waals surface area contributed by atoms with E-state index in [0.29, 0.717) is 0 Å². The van der Waals surface area contributed by atoms with Crippen LogP contribution in [-0.2, 0) is 0 Å². The van der Waals surface area contributed by atoms with Gasteiger partial charge in [0.2, 0.25) is 0 Å². The first-order valence-corrected chi connectivity index (χ1v) is 15.4. The maximum absolute atomic E-state index is 6.37. The number of aromatic nitrogens is 1. The van der Waals surface area contributed by atoms with Gasteiger partial charge in [0, 0.05) is 77.6 Å². The molecule has 0 N–H and O–H groups in total. The van der Waals surface area contributed by atoms with Crippen LogP contribution in [0.15, 0.2) is 143 Å². The average Bonchev–Trinajstić information content (AvgIpc) is 3.76. The number of furan rings is 2. The van der Waals surface area contributed by atoms with Crippen molar-refractivity contribution in [3.63, 3.8) is 0 Å². The topological polar surface area (TPSA) is 42.4 Å². The molecule has 4 heterocycles. The lowest BCUT2D eigenvalue weighted by atomic mass is 10.1. The van der Waals surface area contributed by atoms with E-state index in [0.717, 1.165) is 66.3 Å². The smallest absolute Gasteiger partial charge is 0.137 e. The van der Waals surface area contributed by atoms with E-state index >= 15 is 0 Å². The van der Waals surface area contributed by atoms with Crippen LogP contribution < -0.4 is 4.90 Å². The van der Waals surface area contributed by atoms with Crippen LogP contribution in [-0.4, -0.2) is 4.98 Å². The summed E-state index contributed by atoms with van der Waals surface area (Å²) in [5.74, 6) is 0. The van der Waals surface area contributed by atoms with Crippen LogP contribution in [0.5, 0.6) is 0 Å². The summed E-state index contributed by atoms with van der Waals surface area (Å²) >= 11 is 1.84. The Morgan fingerprint density at radius 3 is 2.02 bits per heavy atom. The molecule has 206 valence electrons. The highest BCUT2D eigenvalue weighted by molar-refractivity contribution is 7.27. The Bertz CT molecular complexity index is 2750. The van der Waals surface area contributed by atoms with Crippen LogP contribution >= 0.6 is 11.3 Å². The molecular weight excluding hydrogens is 561 g/mol. The molecule has 0 radical (unpaired) electrons. The summed E-state index contributed by atoms with van der Waals surface area (Å²) in [5.41, 5.74) is 6.73. The molecule has 10 aromatic rings. The molecule has 0 aliphatic rings. The largest absolute Gasteiger partial charge is 0.456 e. The highest BCUT2D eigenvalue weighted by Gasteiger charge is 2.21. The summed E-state index contributed by atoms with van der Waals surface area (Å²) in [5, 5.41) is 9.32. The molecule has 0 aliphatic carbocycles. The monoisotopic (exact) mass is 582 g/mol. The minimum atomic E-state index is 0.866. The molecular formula is C39H22N2O2S. The van der Waals surface area contributed by atoms with Crippen LogP contribution in [0, 0.1) is 0 Å². The van der Waals surface area contributed by atoms with Crippen molar-refractivity contribution in [1.82, 2.24) is 4.98 Å². The Labute approximate surface area is 255 Å². The SMILES string of the molecule is c1ccc2c(c1)oc1cc(N(c3ccc4oc5ccccc5c4c3)c3cccc4c3sc3c5ccncc5ccc43)ccc12. The fourth-order valence-electron chi connectivity index (χ4n) is 6.72. The maximum atomic E-state index is 6.37. The second-order valence-electron chi connectivity index (χ2n) is 11.2. The van der Waals surface area contributed by atoms with Crippen LogP contribution in [0.3, 0.4) is 0 Å². The zero-order valence-corrected chi connectivity index (χ0v) is 24.1. The Hall–Kier alpha value is -5.65. The number of pyridine rings is 1. The number of nitrogens with zero attached hydrogens (tertiary/aromatic N) is 2. The number of hydrogen-bond donors (Lipinski definition) is 0. The van der Waals surface area contributed by atoms with E-state index in [1.54, 1.807) is 0 Å². The van der Waals surface area contributed by atoms with Crippen molar-refractivity contribution >= 4 is 103 Å². The molecule has 4 nitrogen and oxygen atoms in total. The first-order chi connectivity index (χ1) is 21.8. The van der Waals surface area contributed by atoms with Gasteiger partial charge in [0.15, 0.2) is 0 Å². The molecule has 44 heavy (non-hydrogen) atoms. The lowest BCUT2D eigenvalue weighted by Gasteiger charge is -2.26. The highest BCUT2D eigenvalue weighted by atomic mass is 32.1. The van der Waals surface area contributed by atoms with Crippen molar-refractivity contribution in [1.29, 1.82) is 0 Å². The van der Waals surface area contributed by atoms with Crippen molar-refractivity contribution in [3.8, 4) is 0 Å². The molecule has 0 bridgehead atoms. The molecule has 0 atom stereocenters. The number of para-hydroxylation sites is 2. The average molecular weight is 583 g/mol. The first kappa shape index (κ1) is 23.9. The summed E-state index contributed by atoms with van der Waals surface area (Å²) in [6.45, 7) is 0. The Morgan fingerprint density at radius 2 is 1.14 bits per heavy atom. The van der Waals surface area contributed by atoms with E-state index in [1.165, 1.54) is 25.6 Å². The van der Waals surface area contributed by atoms with Gasteiger partial charge in [0.25, 0.3) is 0 Å². The van der Waals surface area contributed by atoms with Gasteiger partial charge < -0.3 is 13.7 Å². The van der Waals surface area contributed by atoms with Crippen molar-refractivity contribution in [2.75, 3.05) is 4.90 Å². The lowest BCUT2D eigenvalue weighted by molar-refractivity contribution is 0.668. The molecule has 5 heteroatoms. The van der Waals surface area contributed by atoms with Gasteiger partial charge in [-0.2, -0.15) is 0 Å². The van der Waals surface area contributed by atoms with E-state index in [9.17, 15) is 0 Å². The quantitative estimate of drug-likeness (QED) is 0.208. The van der Waals surface area contributed by atoms with Gasteiger partial charge in [0.05, 0.1) is 10.4 Å². The van der Waals surface area contributed by atoms with Gasteiger partial charge in [-0.05, 0) is 54.6 Å². The fourth-order valence-corrected chi connectivity index (χ4v) is 8.06. The van der Waals surface area contributed by atoms with E-state index in [-0.39, 0.29) is 0 Å². The third-order valence-corrected chi connectivity index (χ3v) is 10.0. The van der Waals surface area contributed by atoms with Gasteiger partial charge in [-0.1, -0.05) is 60.7 Å². The van der Waals surface area contributed by atoms with Crippen LogP contribution in [0.4, 0.5) is 17.1 Å². The standard InChI is InChI=1S/C39H22N2O2S/c1-3-10-34-27(6-1)29-16-13-25(21-37(29)43-34)41(24-14-17-36-32(20-24)28-7-2-4-11-35(28)42-36)33-9-5-8-30-31-15-12-23-22-40-19-18-26(23)38(31)44-39(30)33/h1-22H. The molecule has 0 saturated carbocycles. The van der Waals surface area contributed by atoms with Crippen molar-refractivity contribution in [2.45, 2.75) is 0 Å². The Balaban J connectivity index is 1.28. The molecule has 6 aromatic carbocycles. The van der Waals surface area contributed by atoms with E-state index in [4.69, 9.17) is 8.83 Å². The third kappa shape index (κ3) is 3.36. The molecule has 0 unspecified atom stereocenters. The van der Waals surface area contributed by atoms with Crippen LogP contribution in [0.2, 0.25) is 0 Å². The van der Waals surface area contributed by atoms with Crippen molar-refractivity contribution in [3.05, 3.63) is 134 Å². The third-order valence-electron chi connectivity index (χ3n) is 8.74. The van der Waals surface area contributed by atoms with Gasteiger partial charge in [-0.25, -0.2) is 0 Å². The molecule has 0 aliphatic heterocycles. The molecule has 4 aromatic heterocycles. The summed E-state index contributed by atoms with van der Waals surface area (Å²) in [6, 6.07) is 42.7. The number of benzene rings is 6. The second-order valence-corrected chi connectivity index (χ2v) is 12.2. The van der Waals surface area contributed by atoms with Crippen molar-refractivity contribution < 1.29 is 8.83 Å². The highest BCUT2D eigenvalue weighted by Crippen LogP contribution is 2.47. The predicted octanol–water partition coefficient (Wildman–Crippen LogP) is 11.9. The molecule has 0 saturated heterocycles. The van der Waals surface area contributed by atoms with Gasteiger partial charge >= 0.3 is 0 Å². The number of hydrogen-bond acceptors (Lipinski definition) is 5. The van der Waals surface area contributed by atoms with Crippen LogP contribution in [0.25, 0.3) is 74.8 Å². The van der Waals surface area contributed by atoms with E-state index in [1.807, 2.05) is 48.0 Å². The summed E-state index contributed by atoms with van der Waals surface area (Å²) in [4.78, 5) is 6.72. The molecule has 0 spiro atoms. The Kier molecular flexibility index (Phi) is 4.84. The van der Waals surface area contributed by atoms with Gasteiger partial charge in [0.1, 0.15) is 22.3 Å². The van der Waals surface area contributed by atoms with E-state index < -0.39 is 0 Å². The van der Waals surface area contributed by atoms with Crippen LogP contribution in [0.1, 0.15) is 0 Å². The number of rotatable bonds is 3. The molecule has 0 amide bonds. The second kappa shape index (κ2) is 8.93. The van der Waals surface area contributed by atoms with Crippen molar-refractivity contribution in [2.24, 2.45) is 0 Å². The minimum absolute atomic E-state index is 0.866. The molecule has 0 fully saturated rings. The van der Waals surface area contributed by atoms with E-state index in [2.05, 4.69) is 107 Å². The van der Waals surface area contributed by atoms with Gasteiger partial charge in [-0.15, -0.1) is 11.3 Å². The summed E-state index contributed by atoms with van der Waals surface area (Å²) in [7, 11) is 0. The first-order valence-electron chi connectivity index (χ1n) is 14.6. The van der Waals surface area contributed by atoms with Gasteiger partial charge in [-0.3, -0.25) is 4.98 Å². The maximum Gasteiger partial charge on any atom is 0.137 e. The zero-order valence-electron chi connectivity index (χ0n) is 23.3. The number of fused-ring (bicyclic) bond motifs is 11. The number of thiophene rings is 1. The zero-order chi connectivity index (χ0) is 28.8. The molecule has 10 rings (SSSR count). The predicted molar refractivity (Wildman–Crippen MR) is 184 cm³/mol. The number of anilines is 3. The lowest BCUT2D eigenvalue weighted by Crippen LogP contribution is -2.10. The summed E-state index contributed by atoms with van der Waals surface area (Å²) in [6.07, 6.45) is 3.83. The minimum Gasteiger partial charge on any atom is -0.456 e.